The minimum atomic E-state index is 0.730. The summed E-state index contributed by atoms with van der Waals surface area (Å²) in [6.07, 6.45) is 0.884. The minimum absolute atomic E-state index is 0.730. The van der Waals surface area contributed by atoms with Gasteiger partial charge in [0.15, 0.2) is 11.5 Å². The van der Waals surface area contributed by atoms with E-state index in [2.05, 4.69) is 22.6 Å². The fourth-order valence-corrected chi connectivity index (χ4v) is 3.25. The van der Waals surface area contributed by atoms with Gasteiger partial charge in [-0.1, -0.05) is 35.5 Å². The predicted octanol–water partition coefficient (Wildman–Crippen LogP) is 4.31. The third kappa shape index (κ3) is 4.31. The maximum Gasteiger partial charge on any atom is 0.161 e. The molecule has 0 aliphatic carbocycles. The first kappa shape index (κ1) is 19.0. The number of hydrogen-bond acceptors (Lipinski definition) is 5. The molecule has 5 heteroatoms. The van der Waals surface area contributed by atoms with Gasteiger partial charge in [-0.3, -0.25) is 0 Å². The number of hydrogen-bond donors (Lipinski definition) is 1. The number of ether oxygens (including phenoxy) is 2. The second-order valence-corrected chi connectivity index (χ2v) is 6.46. The molecule has 0 amide bonds. The Bertz CT molecular complexity index is 869. The van der Waals surface area contributed by atoms with Gasteiger partial charge in [0.25, 0.3) is 0 Å². The van der Waals surface area contributed by atoms with Gasteiger partial charge < -0.3 is 19.3 Å². The lowest BCUT2D eigenvalue weighted by Crippen LogP contribution is -2.18. The summed E-state index contributed by atoms with van der Waals surface area (Å²) in [7, 11) is 3.32. The average molecular weight is 366 g/mol. The maximum atomic E-state index is 5.49. The van der Waals surface area contributed by atoms with Gasteiger partial charge in [-0.25, -0.2) is 0 Å². The summed E-state index contributed by atoms with van der Waals surface area (Å²) in [6, 6.07) is 14.4. The van der Waals surface area contributed by atoms with Crippen LogP contribution in [0.1, 0.15) is 22.6 Å². The lowest BCUT2D eigenvalue weighted by Gasteiger charge is -2.16. The van der Waals surface area contributed by atoms with Gasteiger partial charge in [-0.15, -0.1) is 0 Å². The van der Waals surface area contributed by atoms with Crippen molar-refractivity contribution in [2.75, 3.05) is 20.8 Å². The zero-order valence-electron chi connectivity index (χ0n) is 16.3. The molecule has 0 saturated carbocycles. The molecule has 0 saturated heterocycles. The first-order chi connectivity index (χ1) is 13.1. The lowest BCUT2D eigenvalue weighted by atomic mass is 9.98. The third-order valence-electron chi connectivity index (χ3n) is 4.74. The van der Waals surface area contributed by atoms with Gasteiger partial charge in [0.05, 0.1) is 19.9 Å². The molecule has 3 rings (SSSR count). The molecule has 27 heavy (non-hydrogen) atoms. The van der Waals surface area contributed by atoms with Gasteiger partial charge in [-0.05, 0) is 55.6 Å². The second-order valence-electron chi connectivity index (χ2n) is 6.46. The van der Waals surface area contributed by atoms with Crippen LogP contribution in [0.4, 0.5) is 0 Å². The van der Waals surface area contributed by atoms with Crippen molar-refractivity contribution in [2.24, 2.45) is 0 Å². The molecular weight excluding hydrogens is 340 g/mol. The highest BCUT2D eigenvalue weighted by Gasteiger charge is 2.13. The molecule has 142 valence electrons. The van der Waals surface area contributed by atoms with Crippen molar-refractivity contribution in [3.8, 4) is 22.6 Å². The topological polar surface area (TPSA) is 56.5 Å². The van der Waals surface area contributed by atoms with Crippen LogP contribution in [0.5, 0.6) is 11.5 Å². The summed E-state index contributed by atoms with van der Waals surface area (Å²) in [6.45, 7) is 5.50. The predicted molar refractivity (Wildman–Crippen MR) is 106 cm³/mol. The van der Waals surface area contributed by atoms with Crippen LogP contribution < -0.4 is 14.8 Å². The van der Waals surface area contributed by atoms with Gasteiger partial charge in [0.1, 0.15) is 5.76 Å². The highest BCUT2D eigenvalue weighted by molar-refractivity contribution is 5.71. The lowest BCUT2D eigenvalue weighted by molar-refractivity contribution is 0.354. The summed E-state index contributed by atoms with van der Waals surface area (Å²) < 4.78 is 16.2. The Hall–Kier alpha value is -2.79. The standard InChI is InChI=1S/C22H26N2O3/c1-15-19(16(2)27-24-15)10-11-23-14-18-12-21(25-3)22(26-4)13-20(18)17-8-6-5-7-9-17/h5-9,12-13,23H,10-11,14H2,1-4H3. The monoisotopic (exact) mass is 366 g/mol. The van der Waals surface area contributed by atoms with Crippen LogP contribution in [-0.4, -0.2) is 25.9 Å². The Balaban J connectivity index is 1.78. The number of rotatable bonds is 8. The quantitative estimate of drug-likeness (QED) is 0.602. The van der Waals surface area contributed by atoms with Gasteiger partial charge >= 0.3 is 0 Å². The maximum absolute atomic E-state index is 5.49. The van der Waals surface area contributed by atoms with E-state index < -0.39 is 0 Å². The number of benzene rings is 2. The average Bonchev–Trinajstić information content (AvgIpc) is 3.03. The Labute approximate surface area is 160 Å². The fraction of sp³-hybridized carbons (Fsp3) is 0.318. The van der Waals surface area contributed by atoms with Crippen LogP contribution in [0.2, 0.25) is 0 Å². The number of methoxy groups -OCH3 is 2. The molecule has 0 unspecified atom stereocenters. The van der Waals surface area contributed by atoms with Crippen LogP contribution in [-0.2, 0) is 13.0 Å². The van der Waals surface area contributed by atoms with E-state index in [9.17, 15) is 0 Å². The Kier molecular flexibility index (Phi) is 6.14. The zero-order valence-corrected chi connectivity index (χ0v) is 16.3. The summed E-state index contributed by atoms with van der Waals surface area (Å²) in [5, 5.41) is 7.54. The van der Waals surface area contributed by atoms with E-state index >= 15 is 0 Å². The number of aromatic nitrogens is 1. The van der Waals surface area contributed by atoms with E-state index in [1.54, 1.807) is 14.2 Å². The molecular formula is C22H26N2O3. The Morgan fingerprint density at radius 3 is 2.33 bits per heavy atom. The van der Waals surface area contributed by atoms with E-state index in [-0.39, 0.29) is 0 Å². The molecule has 1 heterocycles. The Morgan fingerprint density at radius 1 is 1.00 bits per heavy atom. The van der Waals surface area contributed by atoms with Crippen LogP contribution in [0.3, 0.4) is 0 Å². The molecule has 2 aromatic carbocycles. The highest BCUT2D eigenvalue weighted by atomic mass is 16.5. The number of nitrogens with zero attached hydrogens (tertiary/aromatic N) is 1. The number of aryl methyl sites for hydroxylation is 2. The Morgan fingerprint density at radius 2 is 1.70 bits per heavy atom. The van der Waals surface area contributed by atoms with Crippen LogP contribution in [0, 0.1) is 13.8 Å². The molecule has 0 aliphatic rings. The molecule has 1 N–H and O–H groups in total. The third-order valence-corrected chi connectivity index (χ3v) is 4.74. The van der Waals surface area contributed by atoms with Gasteiger partial charge in [-0.2, -0.15) is 0 Å². The van der Waals surface area contributed by atoms with E-state index in [4.69, 9.17) is 14.0 Å². The molecule has 0 atom stereocenters. The molecule has 0 aliphatic heterocycles. The zero-order chi connectivity index (χ0) is 19.2. The fourth-order valence-electron chi connectivity index (χ4n) is 3.25. The smallest absolute Gasteiger partial charge is 0.161 e. The molecule has 5 nitrogen and oxygen atoms in total. The molecule has 3 aromatic rings. The molecule has 1 aromatic heterocycles. The van der Waals surface area contributed by atoms with E-state index in [1.807, 2.05) is 44.2 Å². The van der Waals surface area contributed by atoms with Crippen molar-refractivity contribution in [3.05, 3.63) is 65.0 Å². The van der Waals surface area contributed by atoms with E-state index in [1.165, 1.54) is 5.56 Å². The van der Waals surface area contributed by atoms with Crippen molar-refractivity contribution < 1.29 is 14.0 Å². The first-order valence-corrected chi connectivity index (χ1v) is 9.06. The SMILES string of the molecule is COc1cc(CNCCc2c(C)noc2C)c(-c2ccccc2)cc1OC. The second kappa shape index (κ2) is 8.73. The van der Waals surface area contributed by atoms with Crippen molar-refractivity contribution in [3.63, 3.8) is 0 Å². The van der Waals surface area contributed by atoms with Gasteiger partial charge in [0, 0.05) is 12.1 Å². The van der Waals surface area contributed by atoms with E-state index in [0.29, 0.717) is 0 Å². The highest BCUT2D eigenvalue weighted by Crippen LogP contribution is 2.35. The minimum Gasteiger partial charge on any atom is -0.493 e. The van der Waals surface area contributed by atoms with Crippen molar-refractivity contribution >= 4 is 0 Å². The summed E-state index contributed by atoms with van der Waals surface area (Å²) >= 11 is 0. The molecule has 0 bridgehead atoms. The molecule has 0 spiro atoms. The van der Waals surface area contributed by atoms with Crippen LogP contribution in [0.15, 0.2) is 47.0 Å². The first-order valence-electron chi connectivity index (χ1n) is 9.06. The van der Waals surface area contributed by atoms with E-state index in [0.717, 1.165) is 59.2 Å². The van der Waals surface area contributed by atoms with Crippen molar-refractivity contribution in [1.82, 2.24) is 10.5 Å². The molecule has 0 radical (unpaired) electrons. The van der Waals surface area contributed by atoms with Crippen LogP contribution in [0.25, 0.3) is 11.1 Å². The summed E-state index contributed by atoms with van der Waals surface area (Å²) in [5.41, 5.74) is 5.60. The summed E-state index contributed by atoms with van der Waals surface area (Å²) in [5.74, 6) is 2.36. The molecule has 0 fully saturated rings. The normalized spacial score (nSPS) is 10.8. The van der Waals surface area contributed by atoms with Crippen molar-refractivity contribution in [2.45, 2.75) is 26.8 Å². The van der Waals surface area contributed by atoms with Crippen LogP contribution >= 0.6 is 0 Å². The number of nitrogens with one attached hydrogen (secondary N) is 1. The summed E-state index contributed by atoms with van der Waals surface area (Å²) in [4.78, 5) is 0. The van der Waals surface area contributed by atoms with Gasteiger partial charge in [0.2, 0.25) is 0 Å². The largest absolute Gasteiger partial charge is 0.493 e. The van der Waals surface area contributed by atoms with Crippen molar-refractivity contribution in [1.29, 1.82) is 0 Å².